The molecule has 1 aromatic heterocycles. The van der Waals surface area contributed by atoms with Crippen molar-refractivity contribution in [1.82, 2.24) is 19.3 Å². The van der Waals surface area contributed by atoms with Gasteiger partial charge >= 0.3 is 0 Å². The molecule has 28 heavy (non-hydrogen) atoms. The summed E-state index contributed by atoms with van der Waals surface area (Å²) in [7, 11) is 0. The van der Waals surface area contributed by atoms with Gasteiger partial charge in [0.15, 0.2) is 0 Å². The maximum absolute atomic E-state index is 13.1. The summed E-state index contributed by atoms with van der Waals surface area (Å²) in [5.74, 6) is 0.575. The first-order valence-electron chi connectivity index (χ1n) is 10.2. The fraction of sp³-hybridized carbons (Fsp3) is 0.348. The smallest absolute Gasteiger partial charge is 0.277 e. The highest BCUT2D eigenvalue weighted by Crippen LogP contribution is 2.29. The fourth-order valence-electron chi connectivity index (χ4n) is 4.48. The topological polar surface area (TPSA) is 52.7 Å². The van der Waals surface area contributed by atoms with Crippen molar-refractivity contribution in [3.8, 4) is 11.3 Å². The van der Waals surface area contributed by atoms with Gasteiger partial charge in [0.05, 0.1) is 11.1 Å². The predicted molar refractivity (Wildman–Crippen MR) is 111 cm³/mol. The lowest BCUT2D eigenvalue weighted by Gasteiger charge is -2.20. The lowest BCUT2D eigenvalue weighted by Crippen LogP contribution is -2.23. The number of para-hydroxylation sites is 1. The molecule has 5 heteroatoms. The highest BCUT2D eigenvalue weighted by molar-refractivity contribution is 5.93. The van der Waals surface area contributed by atoms with E-state index in [1.165, 1.54) is 32.1 Å². The van der Waals surface area contributed by atoms with Gasteiger partial charge in [0.2, 0.25) is 0 Å². The molecule has 5 nitrogen and oxygen atoms in total. The van der Waals surface area contributed by atoms with Crippen LogP contribution < -0.4 is 5.56 Å². The molecule has 0 unspecified atom stereocenters. The zero-order valence-corrected chi connectivity index (χ0v) is 15.9. The highest BCUT2D eigenvalue weighted by atomic mass is 16.1. The van der Waals surface area contributed by atoms with Gasteiger partial charge in [-0.15, -0.1) is 0 Å². The van der Waals surface area contributed by atoms with Crippen LogP contribution in [0.1, 0.15) is 37.7 Å². The number of pyridine rings is 2. The first kappa shape index (κ1) is 17.2. The van der Waals surface area contributed by atoms with Crippen LogP contribution in [0.15, 0.2) is 59.8 Å². The summed E-state index contributed by atoms with van der Waals surface area (Å²) in [5, 5.41) is 5.80. The van der Waals surface area contributed by atoms with Crippen LogP contribution >= 0.6 is 0 Å². The van der Waals surface area contributed by atoms with E-state index < -0.39 is 0 Å². The van der Waals surface area contributed by atoms with Crippen LogP contribution in [0.3, 0.4) is 0 Å². The van der Waals surface area contributed by atoms with Crippen molar-refractivity contribution in [3.63, 3.8) is 0 Å². The Kier molecular flexibility index (Phi) is 4.43. The summed E-state index contributed by atoms with van der Waals surface area (Å²) in [5.41, 5.74) is 3.82. The largest absolute Gasteiger partial charge is 0.342 e. The number of nitrogens with zero attached hydrogens (tertiary/aromatic N) is 4. The highest BCUT2D eigenvalue weighted by Gasteiger charge is 2.22. The number of hydrogen-bond donors (Lipinski definition) is 0. The molecule has 5 rings (SSSR count). The molecule has 0 saturated heterocycles. The Balaban J connectivity index is 1.61. The molecule has 0 amide bonds. The maximum Gasteiger partial charge on any atom is 0.277 e. The minimum Gasteiger partial charge on any atom is -0.342 e. The third-order valence-electron chi connectivity index (χ3n) is 5.95. The van der Waals surface area contributed by atoms with E-state index in [4.69, 9.17) is 5.10 Å². The van der Waals surface area contributed by atoms with Crippen LogP contribution in [0.4, 0.5) is 0 Å². The van der Waals surface area contributed by atoms with Crippen molar-refractivity contribution in [2.75, 3.05) is 0 Å². The Labute approximate surface area is 164 Å². The van der Waals surface area contributed by atoms with E-state index >= 15 is 0 Å². The quantitative estimate of drug-likeness (QED) is 0.536. The van der Waals surface area contributed by atoms with Crippen LogP contribution in [0.2, 0.25) is 0 Å². The molecule has 1 fully saturated rings. The minimum atomic E-state index is 0.0369. The molecule has 2 aliphatic heterocycles. The third-order valence-corrected chi connectivity index (χ3v) is 5.95. The molecule has 0 bridgehead atoms. The Hall–Kier alpha value is -2.95. The van der Waals surface area contributed by atoms with Gasteiger partial charge < -0.3 is 4.57 Å². The van der Waals surface area contributed by atoms with Gasteiger partial charge in [0, 0.05) is 37.1 Å². The Morgan fingerprint density at radius 3 is 2.61 bits per heavy atom. The van der Waals surface area contributed by atoms with Crippen molar-refractivity contribution < 1.29 is 0 Å². The van der Waals surface area contributed by atoms with E-state index in [0.717, 1.165) is 28.7 Å². The molecule has 3 aliphatic rings. The number of hydrogen-bond acceptors (Lipinski definition) is 3. The Morgan fingerprint density at radius 1 is 1.00 bits per heavy atom. The number of aromatic nitrogens is 4. The fourth-order valence-corrected chi connectivity index (χ4v) is 4.48. The van der Waals surface area contributed by atoms with Crippen LogP contribution in [0, 0.1) is 5.92 Å². The SMILES string of the molecule is O=c1c2cn(Cc3ccncc3)c3ccccc3c-2nn1CC1CCCCC1. The molecule has 0 N–H and O–H groups in total. The molecule has 1 aromatic carbocycles. The summed E-state index contributed by atoms with van der Waals surface area (Å²) in [6, 6.07) is 12.2. The molecule has 0 spiro atoms. The average molecular weight is 372 g/mol. The first-order valence-corrected chi connectivity index (χ1v) is 10.2. The molecule has 0 radical (unpaired) electrons. The van der Waals surface area contributed by atoms with E-state index in [1.54, 1.807) is 17.1 Å². The van der Waals surface area contributed by atoms with Crippen molar-refractivity contribution in [2.24, 2.45) is 5.92 Å². The zero-order chi connectivity index (χ0) is 18.9. The molecular formula is C23H24N4O. The standard InChI is InChI=1S/C23H24N4O/c28-23-20-16-26(14-18-10-12-24-13-11-18)21-9-5-4-8-19(21)22(20)25-27(23)15-17-6-2-1-3-7-17/h4-5,8-13,16-17H,1-3,6-7,14-15H2. The minimum absolute atomic E-state index is 0.0369. The van der Waals surface area contributed by atoms with Gasteiger partial charge in [-0.1, -0.05) is 37.5 Å². The number of benzene rings is 1. The summed E-state index contributed by atoms with van der Waals surface area (Å²) in [6.45, 7) is 1.44. The monoisotopic (exact) mass is 372 g/mol. The normalized spacial score (nSPS) is 15.4. The number of fused-ring (bicyclic) bond motifs is 3. The summed E-state index contributed by atoms with van der Waals surface area (Å²) >= 11 is 0. The molecule has 0 atom stereocenters. The van der Waals surface area contributed by atoms with E-state index in [2.05, 4.69) is 21.7 Å². The lowest BCUT2D eigenvalue weighted by atomic mass is 9.89. The first-order chi connectivity index (χ1) is 13.8. The van der Waals surface area contributed by atoms with Gasteiger partial charge in [0.1, 0.15) is 5.69 Å². The van der Waals surface area contributed by atoms with E-state index in [9.17, 15) is 4.79 Å². The average Bonchev–Trinajstić information content (AvgIpc) is 3.05. The zero-order valence-electron chi connectivity index (χ0n) is 15.9. The second-order valence-corrected chi connectivity index (χ2v) is 7.88. The van der Waals surface area contributed by atoms with Gasteiger partial charge in [-0.25, -0.2) is 4.68 Å². The summed E-state index contributed by atoms with van der Waals surface area (Å²) in [4.78, 5) is 17.2. The number of rotatable bonds is 4. The molecule has 1 saturated carbocycles. The van der Waals surface area contributed by atoms with Crippen molar-refractivity contribution in [1.29, 1.82) is 0 Å². The van der Waals surface area contributed by atoms with Crippen LogP contribution in [-0.4, -0.2) is 19.3 Å². The molecule has 3 heterocycles. The molecular weight excluding hydrogens is 348 g/mol. The lowest BCUT2D eigenvalue weighted by molar-refractivity contribution is 0.305. The van der Waals surface area contributed by atoms with Crippen LogP contribution in [-0.2, 0) is 13.1 Å². The van der Waals surface area contributed by atoms with E-state index in [-0.39, 0.29) is 5.56 Å². The second kappa shape index (κ2) is 7.23. The van der Waals surface area contributed by atoms with Crippen molar-refractivity contribution >= 4 is 10.9 Å². The van der Waals surface area contributed by atoms with Gasteiger partial charge in [-0.3, -0.25) is 9.78 Å². The summed E-state index contributed by atoms with van der Waals surface area (Å²) in [6.07, 6.45) is 11.9. The van der Waals surface area contributed by atoms with Crippen LogP contribution in [0.5, 0.6) is 0 Å². The van der Waals surface area contributed by atoms with Gasteiger partial charge in [0.25, 0.3) is 5.56 Å². The van der Waals surface area contributed by atoms with Gasteiger partial charge in [-0.05, 0) is 42.5 Å². The second-order valence-electron chi connectivity index (χ2n) is 7.88. The van der Waals surface area contributed by atoms with E-state index in [1.807, 2.05) is 30.5 Å². The predicted octanol–water partition coefficient (Wildman–Crippen LogP) is 4.33. The Bertz CT molecular complexity index is 1120. The van der Waals surface area contributed by atoms with Crippen LogP contribution in [0.25, 0.3) is 22.2 Å². The maximum atomic E-state index is 13.1. The van der Waals surface area contributed by atoms with Gasteiger partial charge in [-0.2, -0.15) is 5.10 Å². The molecule has 142 valence electrons. The van der Waals surface area contributed by atoms with Crippen molar-refractivity contribution in [2.45, 2.75) is 45.2 Å². The summed E-state index contributed by atoms with van der Waals surface area (Å²) < 4.78 is 3.87. The molecule has 2 aromatic rings. The molecule has 1 aliphatic carbocycles. The van der Waals surface area contributed by atoms with Crippen molar-refractivity contribution in [3.05, 3.63) is 70.9 Å². The van der Waals surface area contributed by atoms with E-state index in [0.29, 0.717) is 18.0 Å². The Morgan fingerprint density at radius 2 is 1.79 bits per heavy atom. The third kappa shape index (κ3) is 3.11.